The Hall–Kier alpha value is -4.92. The average molecular weight is 557 g/mol. The van der Waals surface area contributed by atoms with Crippen LogP contribution in [0.3, 0.4) is 0 Å². The van der Waals surface area contributed by atoms with E-state index in [1.54, 1.807) is 43.3 Å². The fourth-order valence-corrected chi connectivity index (χ4v) is 5.59. The number of aliphatic hydroxyl groups is 1. The van der Waals surface area contributed by atoms with Crippen LogP contribution in [0.5, 0.6) is 23.0 Å². The van der Waals surface area contributed by atoms with Gasteiger partial charge in [-0.25, -0.2) is 4.39 Å². The summed E-state index contributed by atoms with van der Waals surface area (Å²) in [7, 11) is 0. The van der Waals surface area contributed by atoms with E-state index < -0.39 is 34.4 Å². The van der Waals surface area contributed by atoms with Gasteiger partial charge in [0, 0.05) is 11.6 Å². The number of aromatic hydroxyl groups is 1. The monoisotopic (exact) mass is 556 g/mol. The molecule has 2 N–H and O–H groups in total. The first-order valence-electron chi connectivity index (χ1n) is 13.0. The maximum Gasteiger partial charge on any atom is 0.188 e. The molecule has 1 aliphatic carbocycles. The highest BCUT2D eigenvalue weighted by molar-refractivity contribution is 6.26. The van der Waals surface area contributed by atoms with E-state index in [-0.39, 0.29) is 64.3 Å². The molecule has 2 atom stereocenters. The number of allylic oxidation sites excluding steroid dienone is 3. The van der Waals surface area contributed by atoms with Crippen LogP contribution in [0.15, 0.2) is 71.7 Å². The van der Waals surface area contributed by atoms with E-state index in [2.05, 4.69) is 0 Å². The van der Waals surface area contributed by atoms with E-state index in [1.165, 1.54) is 32.1 Å². The van der Waals surface area contributed by atoms with Gasteiger partial charge in [0.2, 0.25) is 0 Å². The predicted octanol–water partition coefficient (Wildman–Crippen LogP) is 5.64. The smallest absolute Gasteiger partial charge is 0.188 e. The number of ketones is 3. The molecule has 0 spiro atoms. The Kier molecular flexibility index (Phi) is 5.99. The number of ether oxygens (including phenoxy) is 3. The second kappa shape index (κ2) is 9.33. The van der Waals surface area contributed by atoms with Gasteiger partial charge < -0.3 is 24.4 Å². The molecule has 0 amide bonds. The molecule has 0 fully saturated rings. The van der Waals surface area contributed by atoms with E-state index in [1.807, 2.05) is 0 Å². The number of phenols is 1. The van der Waals surface area contributed by atoms with Crippen molar-refractivity contribution in [2.75, 3.05) is 0 Å². The second-order valence-electron chi connectivity index (χ2n) is 10.5. The molecule has 0 saturated carbocycles. The van der Waals surface area contributed by atoms with Gasteiger partial charge in [-0.2, -0.15) is 0 Å². The number of halogens is 1. The highest BCUT2D eigenvalue weighted by atomic mass is 19.1. The molecule has 41 heavy (non-hydrogen) atoms. The van der Waals surface area contributed by atoms with Crippen molar-refractivity contribution in [1.29, 1.82) is 0 Å². The van der Waals surface area contributed by atoms with Gasteiger partial charge in [-0.05, 0) is 56.2 Å². The molecular formula is C32H25FO8. The number of Topliss-reactive ketones (excluding diaryl/α,β-unsaturated/α-hetero) is 3. The zero-order chi connectivity index (χ0) is 29.2. The summed E-state index contributed by atoms with van der Waals surface area (Å²) in [4.78, 5) is 39.1. The molecule has 0 bridgehead atoms. The van der Waals surface area contributed by atoms with E-state index >= 15 is 0 Å². The third-order valence-electron chi connectivity index (χ3n) is 7.86. The summed E-state index contributed by atoms with van der Waals surface area (Å²) in [6.07, 6.45) is 0.484. The van der Waals surface area contributed by atoms with Gasteiger partial charge in [-0.1, -0.05) is 24.3 Å². The van der Waals surface area contributed by atoms with Gasteiger partial charge in [-0.15, -0.1) is 0 Å². The van der Waals surface area contributed by atoms with Crippen molar-refractivity contribution in [3.8, 4) is 23.0 Å². The highest BCUT2D eigenvalue weighted by Gasteiger charge is 2.56. The van der Waals surface area contributed by atoms with Crippen LogP contribution in [0.1, 0.15) is 59.0 Å². The molecule has 8 nitrogen and oxygen atoms in total. The van der Waals surface area contributed by atoms with Crippen LogP contribution in [0.25, 0.3) is 0 Å². The summed E-state index contributed by atoms with van der Waals surface area (Å²) in [6, 6.07) is 13.1. The molecule has 6 rings (SSSR count). The van der Waals surface area contributed by atoms with Gasteiger partial charge in [0.1, 0.15) is 69.6 Å². The summed E-state index contributed by atoms with van der Waals surface area (Å²) >= 11 is 0. The summed E-state index contributed by atoms with van der Waals surface area (Å²) < 4.78 is 31.1. The van der Waals surface area contributed by atoms with Crippen LogP contribution in [0.2, 0.25) is 0 Å². The minimum absolute atomic E-state index is 0.00856. The molecule has 0 saturated heterocycles. The fourth-order valence-electron chi connectivity index (χ4n) is 5.59. The van der Waals surface area contributed by atoms with Gasteiger partial charge in [0.15, 0.2) is 17.3 Å². The Labute approximate surface area is 234 Å². The van der Waals surface area contributed by atoms with Gasteiger partial charge >= 0.3 is 0 Å². The van der Waals surface area contributed by atoms with Crippen LogP contribution in [0, 0.1) is 12.7 Å². The van der Waals surface area contributed by atoms with Gasteiger partial charge in [-0.3, -0.25) is 14.4 Å². The predicted molar refractivity (Wildman–Crippen MR) is 144 cm³/mol. The number of benzene rings is 3. The molecule has 208 valence electrons. The highest BCUT2D eigenvalue weighted by Crippen LogP contribution is 2.59. The van der Waals surface area contributed by atoms with Crippen LogP contribution in [-0.4, -0.2) is 27.6 Å². The van der Waals surface area contributed by atoms with Crippen LogP contribution in [-0.2, 0) is 21.6 Å². The Balaban J connectivity index is 1.30. The lowest BCUT2D eigenvalue weighted by Crippen LogP contribution is -2.38. The summed E-state index contributed by atoms with van der Waals surface area (Å²) in [5.41, 5.74) is -0.0698. The lowest BCUT2D eigenvalue weighted by atomic mass is 9.70. The van der Waals surface area contributed by atoms with E-state index in [0.29, 0.717) is 11.3 Å². The average Bonchev–Trinajstić information content (AvgIpc) is 3.24. The number of carbonyl (C=O) groups excluding carboxylic acids is 3. The number of fused-ring (bicyclic) bond motifs is 5. The first kappa shape index (κ1) is 26.3. The maximum absolute atomic E-state index is 13.6. The Bertz CT molecular complexity index is 1720. The maximum atomic E-state index is 13.6. The topological polar surface area (TPSA) is 119 Å². The SMILES string of the molecule is CC(=O)C1=C(O)C=C2Oc3c4c(c(C)c(O)c3[C@]2(C)C1=O)OC(c1ccc(OCc2ccc(F)cc2)cc1)CC4=O. The Morgan fingerprint density at radius 3 is 2.41 bits per heavy atom. The van der Waals surface area contributed by atoms with Gasteiger partial charge in [0.25, 0.3) is 0 Å². The third kappa shape index (κ3) is 3.99. The normalized spacial score (nSPS) is 20.9. The molecule has 3 aliphatic rings. The van der Waals surface area contributed by atoms with Crippen molar-refractivity contribution in [3.05, 3.63) is 105 Å². The van der Waals surface area contributed by atoms with E-state index in [9.17, 15) is 29.0 Å². The molecule has 3 aromatic rings. The molecule has 9 heteroatoms. The molecule has 2 aliphatic heterocycles. The molecule has 3 aromatic carbocycles. The van der Waals surface area contributed by atoms with Gasteiger partial charge in [0.05, 0.1) is 12.0 Å². The largest absolute Gasteiger partial charge is 0.507 e. The number of rotatable bonds is 5. The quantitative estimate of drug-likeness (QED) is 0.388. The van der Waals surface area contributed by atoms with Crippen molar-refractivity contribution in [2.45, 2.75) is 45.3 Å². The van der Waals surface area contributed by atoms with Crippen molar-refractivity contribution >= 4 is 17.3 Å². The summed E-state index contributed by atoms with van der Waals surface area (Å²) in [5, 5.41) is 21.6. The zero-order valence-electron chi connectivity index (χ0n) is 22.4. The van der Waals surface area contributed by atoms with E-state index in [0.717, 1.165) is 5.56 Å². The molecule has 1 unspecified atom stereocenters. The Morgan fingerprint density at radius 1 is 1.07 bits per heavy atom. The minimum atomic E-state index is -1.60. The number of hydrogen-bond donors (Lipinski definition) is 2. The second-order valence-corrected chi connectivity index (χ2v) is 10.5. The van der Waals surface area contributed by atoms with Crippen molar-refractivity contribution in [2.24, 2.45) is 0 Å². The molecule has 0 aromatic heterocycles. The lowest BCUT2D eigenvalue weighted by Gasteiger charge is -2.30. The number of hydrogen-bond acceptors (Lipinski definition) is 8. The standard InChI is InChI=1S/C32H25FO8/c1-15-28(37)27-30(41-24-13-22(36)25(16(2)34)31(38)32(24,27)3)26-21(35)12-23(40-29(15)26)18-6-10-20(11-7-18)39-14-17-4-8-19(33)9-5-17/h4-11,13,23,36-37H,12,14H2,1-3H3/t23?,32-/m1/s1. The van der Waals surface area contributed by atoms with Crippen LogP contribution in [0.4, 0.5) is 4.39 Å². The zero-order valence-corrected chi connectivity index (χ0v) is 22.4. The third-order valence-corrected chi connectivity index (χ3v) is 7.86. The Morgan fingerprint density at radius 2 is 1.76 bits per heavy atom. The summed E-state index contributed by atoms with van der Waals surface area (Å²) in [5.74, 6) is -2.09. The number of phenolic OH excluding ortho intramolecular Hbond substituents is 1. The molecular weight excluding hydrogens is 531 g/mol. The summed E-state index contributed by atoms with van der Waals surface area (Å²) in [6.45, 7) is 4.49. The first-order chi connectivity index (χ1) is 19.5. The molecule has 2 heterocycles. The van der Waals surface area contributed by atoms with Crippen molar-refractivity contribution in [3.63, 3.8) is 0 Å². The lowest BCUT2D eigenvalue weighted by molar-refractivity contribution is -0.123. The number of aliphatic hydroxyl groups excluding tert-OH is 1. The van der Waals surface area contributed by atoms with Crippen LogP contribution < -0.4 is 14.2 Å². The first-order valence-corrected chi connectivity index (χ1v) is 13.0. The van der Waals surface area contributed by atoms with Crippen LogP contribution >= 0.6 is 0 Å². The van der Waals surface area contributed by atoms with Crippen molar-refractivity contribution < 1.29 is 43.2 Å². The fraction of sp³-hybridized carbons (Fsp3) is 0.219. The van der Waals surface area contributed by atoms with Crippen molar-refractivity contribution in [1.82, 2.24) is 0 Å². The number of carbonyl (C=O) groups is 3. The minimum Gasteiger partial charge on any atom is -0.507 e. The van der Waals surface area contributed by atoms with E-state index in [4.69, 9.17) is 14.2 Å². The molecule has 0 radical (unpaired) electrons.